The van der Waals surface area contributed by atoms with Gasteiger partial charge in [-0.3, -0.25) is 4.79 Å². The number of hydrogen-bond acceptors (Lipinski definition) is 5. The highest BCUT2D eigenvalue weighted by Gasteiger charge is 2.39. The molecule has 0 spiro atoms. The Balaban J connectivity index is 1.80. The molecule has 1 aromatic rings. The molecule has 3 heterocycles. The van der Waals surface area contributed by atoms with Gasteiger partial charge >= 0.3 is 0 Å². The molecule has 1 amide bonds. The third kappa shape index (κ3) is 3.53. The van der Waals surface area contributed by atoms with Crippen molar-refractivity contribution in [3.63, 3.8) is 0 Å². The van der Waals surface area contributed by atoms with Crippen molar-refractivity contribution in [1.29, 1.82) is 0 Å². The number of amides is 1. The van der Waals surface area contributed by atoms with E-state index in [0.29, 0.717) is 5.91 Å². The minimum absolute atomic E-state index is 0.0499. The lowest BCUT2D eigenvalue weighted by atomic mass is 9.91. The van der Waals surface area contributed by atoms with Crippen molar-refractivity contribution in [2.75, 3.05) is 33.3 Å². The fourth-order valence-electron chi connectivity index (χ4n) is 3.70. The summed E-state index contributed by atoms with van der Waals surface area (Å²) in [5, 5.41) is 4.15. The normalized spacial score (nSPS) is 24.9. The Kier molecular flexibility index (Phi) is 5.54. The fraction of sp³-hybridized carbons (Fsp3) is 0.765. The van der Waals surface area contributed by atoms with E-state index >= 15 is 0 Å². The quantitative estimate of drug-likeness (QED) is 0.896. The second kappa shape index (κ2) is 7.62. The number of aryl methyl sites for hydroxylation is 1. The highest BCUT2D eigenvalue weighted by Crippen LogP contribution is 2.38. The smallest absolute Gasteiger partial charge is 0.273 e. The molecule has 5 nitrogen and oxygen atoms in total. The SMILES string of the molecule is CCCc1nc(OC)sc1[C@@H]1CNCC1C(=O)N1CCCCC1. The summed E-state index contributed by atoms with van der Waals surface area (Å²) in [6.45, 7) is 5.67. The molecule has 1 unspecified atom stereocenters. The van der Waals surface area contributed by atoms with Crippen LogP contribution in [0.2, 0.25) is 0 Å². The maximum absolute atomic E-state index is 13.0. The molecule has 3 rings (SSSR count). The average Bonchev–Trinajstić information content (AvgIpc) is 3.21. The van der Waals surface area contributed by atoms with E-state index in [1.807, 2.05) is 0 Å². The van der Waals surface area contributed by atoms with Crippen molar-refractivity contribution in [2.45, 2.75) is 44.9 Å². The highest BCUT2D eigenvalue weighted by molar-refractivity contribution is 7.13. The first kappa shape index (κ1) is 16.7. The zero-order valence-electron chi connectivity index (χ0n) is 14.1. The van der Waals surface area contributed by atoms with Crippen LogP contribution >= 0.6 is 11.3 Å². The molecule has 2 aliphatic rings. The molecule has 128 valence electrons. The maximum atomic E-state index is 13.0. The Morgan fingerprint density at radius 2 is 2.13 bits per heavy atom. The van der Waals surface area contributed by atoms with Gasteiger partial charge in [0.1, 0.15) is 0 Å². The Hall–Kier alpha value is -1.14. The van der Waals surface area contributed by atoms with Gasteiger partial charge in [-0.25, -0.2) is 4.98 Å². The van der Waals surface area contributed by atoms with E-state index in [-0.39, 0.29) is 11.8 Å². The number of nitrogens with zero attached hydrogens (tertiary/aromatic N) is 2. The summed E-state index contributed by atoms with van der Waals surface area (Å²) in [6.07, 6.45) is 5.56. The van der Waals surface area contributed by atoms with E-state index in [9.17, 15) is 4.79 Å². The minimum Gasteiger partial charge on any atom is -0.473 e. The number of carbonyl (C=O) groups excluding carboxylic acids is 1. The second-order valence-electron chi connectivity index (χ2n) is 6.50. The van der Waals surface area contributed by atoms with E-state index in [0.717, 1.165) is 62.7 Å². The molecule has 2 saturated heterocycles. The number of carbonyl (C=O) groups is 1. The predicted molar refractivity (Wildman–Crippen MR) is 92.2 cm³/mol. The molecule has 0 aromatic carbocycles. The monoisotopic (exact) mass is 337 g/mol. The molecule has 0 saturated carbocycles. The third-order valence-corrected chi connectivity index (χ3v) is 6.10. The van der Waals surface area contributed by atoms with Gasteiger partial charge in [-0.2, -0.15) is 0 Å². The second-order valence-corrected chi connectivity index (χ2v) is 7.50. The van der Waals surface area contributed by atoms with Crippen molar-refractivity contribution in [1.82, 2.24) is 15.2 Å². The van der Waals surface area contributed by atoms with Gasteiger partial charge in [-0.15, -0.1) is 0 Å². The molecule has 2 atom stereocenters. The lowest BCUT2D eigenvalue weighted by Crippen LogP contribution is -2.41. The molecular weight excluding hydrogens is 310 g/mol. The number of nitrogens with one attached hydrogen (secondary N) is 1. The Bertz CT molecular complexity index is 540. The van der Waals surface area contributed by atoms with Crippen molar-refractivity contribution in [3.05, 3.63) is 10.6 Å². The molecule has 0 bridgehead atoms. The van der Waals surface area contributed by atoms with Gasteiger partial charge < -0.3 is 15.0 Å². The van der Waals surface area contributed by atoms with Crippen LogP contribution < -0.4 is 10.1 Å². The molecule has 0 radical (unpaired) electrons. The van der Waals surface area contributed by atoms with E-state index in [1.165, 1.54) is 11.3 Å². The van der Waals surface area contributed by atoms with E-state index < -0.39 is 0 Å². The Morgan fingerprint density at radius 3 is 2.83 bits per heavy atom. The van der Waals surface area contributed by atoms with Crippen LogP contribution in [0, 0.1) is 5.92 Å². The van der Waals surface area contributed by atoms with Gasteiger partial charge in [-0.1, -0.05) is 24.7 Å². The number of piperidine rings is 1. The molecule has 23 heavy (non-hydrogen) atoms. The van der Waals surface area contributed by atoms with E-state index in [4.69, 9.17) is 4.74 Å². The van der Waals surface area contributed by atoms with Gasteiger partial charge in [0.25, 0.3) is 5.19 Å². The summed E-state index contributed by atoms with van der Waals surface area (Å²) >= 11 is 1.62. The zero-order chi connectivity index (χ0) is 16.2. The molecule has 1 N–H and O–H groups in total. The summed E-state index contributed by atoms with van der Waals surface area (Å²) in [5.74, 6) is 0.621. The van der Waals surface area contributed by atoms with Crippen LogP contribution in [0.3, 0.4) is 0 Å². The first-order valence-electron chi connectivity index (χ1n) is 8.77. The lowest BCUT2D eigenvalue weighted by Gasteiger charge is -2.30. The number of aromatic nitrogens is 1. The molecule has 0 aliphatic carbocycles. The number of likely N-dealkylation sites (tertiary alicyclic amines) is 1. The van der Waals surface area contributed by atoms with Crippen LogP contribution in [0.1, 0.15) is 49.1 Å². The predicted octanol–water partition coefficient (Wildman–Crippen LogP) is 2.42. The minimum atomic E-state index is 0.0499. The summed E-state index contributed by atoms with van der Waals surface area (Å²) in [7, 11) is 1.67. The van der Waals surface area contributed by atoms with Crippen LogP contribution in [0.15, 0.2) is 0 Å². The summed E-state index contributed by atoms with van der Waals surface area (Å²) in [6, 6.07) is 0. The van der Waals surface area contributed by atoms with Crippen LogP contribution in [-0.4, -0.2) is 49.1 Å². The van der Waals surface area contributed by atoms with E-state index in [1.54, 1.807) is 18.4 Å². The summed E-state index contributed by atoms with van der Waals surface area (Å²) in [5.41, 5.74) is 1.12. The molecule has 1 aromatic heterocycles. The number of thiazole rings is 1. The van der Waals surface area contributed by atoms with Crippen LogP contribution in [0.4, 0.5) is 0 Å². The van der Waals surface area contributed by atoms with Crippen molar-refractivity contribution >= 4 is 17.2 Å². The van der Waals surface area contributed by atoms with Crippen LogP contribution in [0.5, 0.6) is 5.19 Å². The lowest BCUT2D eigenvalue weighted by molar-refractivity contribution is -0.136. The number of methoxy groups -OCH3 is 1. The standard InChI is InChI=1S/C17H27N3O2S/c1-3-7-14-15(23-17(19-14)22-2)12-10-18-11-13(12)16(21)20-8-5-4-6-9-20/h12-13,18H,3-11H2,1-2H3/t12-,13?/m1/s1. The average molecular weight is 337 g/mol. The summed E-state index contributed by atoms with van der Waals surface area (Å²) < 4.78 is 5.35. The molecule has 6 heteroatoms. The van der Waals surface area contributed by atoms with Gasteiger partial charge in [0, 0.05) is 37.0 Å². The molecule has 2 aliphatic heterocycles. The maximum Gasteiger partial charge on any atom is 0.273 e. The van der Waals surface area contributed by atoms with Crippen molar-refractivity contribution in [2.24, 2.45) is 5.92 Å². The largest absolute Gasteiger partial charge is 0.473 e. The highest BCUT2D eigenvalue weighted by atomic mass is 32.1. The molecular formula is C17H27N3O2S. The number of rotatable bonds is 5. The number of ether oxygens (including phenoxy) is 1. The molecule has 2 fully saturated rings. The first-order valence-corrected chi connectivity index (χ1v) is 9.59. The Morgan fingerprint density at radius 1 is 1.35 bits per heavy atom. The number of hydrogen-bond donors (Lipinski definition) is 1. The zero-order valence-corrected chi connectivity index (χ0v) is 15.0. The summed E-state index contributed by atoms with van der Waals surface area (Å²) in [4.78, 5) is 20.9. The van der Waals surface area contributed by atoms with Gasteiger partial charge in [-0.05, 0) is 25.7 Å². The van der Waals surface area contributed by atoms with Gasteiger partial charge in [0.2, 0.25) is 5.91 Å². The van der Waals surface area contributed by atoms with Crippen molar-refractivity contribution in [3.8, 4) is 5.19 Å². The third-order valence-electron chi connectivity index (χ3n) is 4.91. The Labute approximate surface area is 142 Å². The van der Waals surface area contributed by atoms with E-state index in [2.05, 4.69) is 22.1 Å². The van der Waals surface area contributed by atoms with Gasteiger partial charge in [0.15, 0.2) is 0 Å². The van der Waals surface area contributed by atoms with Crippen LogP contribution in [-0.2, 0) is 11.2 Å². The topological polar surface area (TPSA) is 54.5 Å². The van der Waals surface area contributed by atoms with Crippen LogP contribution in [0.25, 0.3) is 0 Å². The van der Waals surface area contributed by atoms with Crippen molar-refractivity contribution < 1.29 is 9.53 Å². The fourth-order valence-corrected chi connectivity index (χ4v) is 4.79. The first-order chi connectivity index (χ1) is 11.2. The van der Waals surface area contributed by atoms with Gasteiger partial charge in [0.05, 0.1) is 18.7 Å².